The molecule has 0 atom stereocenters. The predicted molar refractivity (Wildman–Crippen MR) is 140 cm³/mol. The highest BCUT2D eigenvalue weighted by molar-refractivity contribution is 9.10. The van der Waals surface area contributed by atoms with Crippen molar-refractivity contribution >= 4 is 108 Å². The lowest BCUT2D eigenvalue weighted by molar-refractivity contribution is 1.19. The van der Waals surface area contributed by atoms with E-state index in [1.165, 1.54) is 11.3 Å². The molecular weight excluding hydrogens is 568 g/mol. The first-order valence-electron chi connectivity index (χ1n) is 10.1. The first-order valence-corrected chi connectivity index (χ1v) is 12.5. The van der Waals surface area contributed by atoms with Gasteiger partial charge in [-0.2, -0.15) is 0 Å². The largest absolute Gasteiger partial charge is 0.268 e. The molecule has 6 nitrogen and oxygen atoms in total. The van der Waals surface area contributed by atoms with Crippen LogP contribution in [0.3, 0.4) is 0 Å². The number of pyridine rings is 2. The number of hydrogen-bond acceptors (Lipinski definition) is 5. The molecule has 0 saturated carbocycles. The van der Waals surface area contributed by atoms with E-state index in [0.29, 0.717) is 22.1 Å². The average Bonchev–Trinajstić information content (AvgIpc) is 3.48. The number of aromatic nitrogens is 4. The van der Waals surface area contributed by atoms with Crippen LogP contribution >= 0.6 is 43.2 Å². The van der Waals surface area contributed by atoms with Crippen LogP contribution in [-0.2, 0) is 0 Å². The first kappa shape index (κ1) is 18.3. The van der Waals surface area contributed by atoms with Gasteiger partial charge in [0.05, 0.1) is 31.5 Å². The topological polar surface area (TPSA) is 68.7 Å². The molecule has 8 rings (SSSR count). The molecule has 0 aliphatic heterocycles. The lowest BCUT2D eigenvalue weighted by Gasteiger charge is -2.04. The summed E-state index contributed by atoms with van der Waals surface area (Å²) < 4.78 is 6.89. The van der Waals surface area contributed by atoms with Crippen LogP contribution in [0.15, 0.2) is 67.1 Å². The SMILES string of the molecule is O=c1c2ccc3c(=O)n4c5cc(Br)ccc5nc4c4sc(c2c34)c2nc3ccc(Br)cc3n12. The minimum absolute atomic E-state index is 0.135. The molecule has 0 bridgehead atoms. The number of thiophene rings is 1. The Balaban J connectivity index is 1.72. The summed E-state index contributed by atoms with van der Waals surface area (Å²) in [6.45, 7) is 0. The Morgan fingerprint density at radius 3 is 1.58 bits per heavy atom. The van der Waals surface area contributed by atoms with E-state index in [4.69, 9.17) is 9.97 Å². The van der Waals surface area contributed by atoms with Gasteiger partial charge in [0.15, 0.2) is 11.3 Å². The Labute approximate surface area is 203 Å². The van der Waals surface area contributed by atoms with E-state index in [-0.39, 0.29) is 11.1 Å². The molecule has 0 aliphatic rings. The van der Waals surface area contributed by atoms with E-state index >= 15 is 0 Å². The number of halogens is 2. The summed E-state index contributed by atoms with van der Waals surface area (Å²) in [5.41, 5.74) is 3.96. The second-order valence-electron chi connectivity index (χ2n) is 8.09. The Bertz CT molecular complexity index is 2110. The highest BCUT2D eigenvalue weighted by Gasteiger charge is 2.25. The third-order valence-electron chi connectivity index (χ3n) is 6.37. The van der Waals surface area contributed by atoms with Crippen LogP contribution in [0.1, 0.15) is 0 Å². The third-order valence-corrected chi connectivity index (χ3v) is 8.54. The molecule has 8 aromatic rings. The van der Waals surface area contributed by atoms with E-state index in [1.54, 1.807) is 20.9 Å². The zero-order valence-corrected chi connectivity index (χ0v) is 20.4. The summed E-state index contributed by atoms with van der Waals surface area (Å²) in [4.78, 5) is 36.8. The van der Waals surface area contributed by atoms with Crippen molar-refractivity contribution in [1.29, 1.82) is 0 Å². The van der Waals surface area contributed by atoms with Crippen LogP contribution in [0.2, 0.25) is 0 Å². The van der Waals surface area contributed by atoms with Gasteiger partial charge in [-0.05, 0) is 48.5 Å². The van der Waals surface area contributed by atoms with Crippen LogP contribution in [0.25, 0.3) is 64.3 Å². The molecule has 0 saturated heterocycles. The fourth-order valence-corrected chi connectivity index (χ4v) is 6.99. The van der Waals surface area contributed by atoms with Crippen molar-refractivity contribution in [2.24, 2.45) is 0 Å². The molecule has 0 N–H and O–H groups in total. The molecule has 0 unspecified atom stereocenters. The second-order valence-corrected chi connectivity index (χ2v) is 10.9. The van der Waals surface area contributed by atoms with E-state index in [9.17, 15) is 9.59 Å². The normalized spacial score (nSPS) is 12.8. The fourth-order valence-electron chi connectivity index (χ4n) is 5.00. The molecule has 0 spiro atoms. The zero-order valence-electron chi connectivity index (χ0n) is 16.4. The number of nitrogens with zero attached hydrogens (tertiary/aromatic N) is 4. The molecule has 9 heteroatoms. The van der Waals surface area contributed by atoms with Crippen molar-refractivity contribution in [3.8, 4) is 0 Å². The van der Waals surface area contributed by atoms with E-state index in [1.807, 2.05) is 36.4 Å². The number of hydrogen-bond donors (Lipinski definition) is 0. The minimum Gasteiger partial charge on any atom is -0.268 e. The summed E-state index contributed by atoms with van der Waals surface area (Å²) in [5.74, 6) is 0. The standard InChI is InChI=1S/C24H8Br2N4O2S/c25-9-1-5-13-15(7-9)29-21(27-13)19-17-11(23(29)31)3-4-12-18(17)20(33-19)22-28-14-6-2-10(26)8-16(14)30(22)24(12)32/h1-8H. The van der Waals surface area contributed by atoms with Crippen molar-refractivity contribution in [3.05, 3.63) is 78.2 Å². The van der Waals surface area contributed by atoms with Crippen LogP contribution in [0.5, 0.6) is 0 Å². The van der Waals surface area contributed by atoms with Gasteiger partial charge in [0.1, 0.15) is 0 Å². The van der Waals surface area contributed by atoms with Crippen molar-refractivity contribution in [1.82, 2.24) is 18.8 Å². The highest BCUT2D eigenvalue weighted by Crippen LogP contribution is 2.43. The van der Waals surface area contributed by atoms with Gasteiger partial charge in [-0.1, -0.05) is 31.9 Å². The van der Waals surface area contributed by atoms with Crippen molar-refractivity contribution in [2.45, 2.75) is 0 Å². The second kappa shape index (κ2) is 5.85. The molecule has 0 radical (unpaired) electrons. The summed E-state index contributed by atoms with van der Waals surface area (Å²) in [6, 6.07) is 15.0. The minimum atomic E-state index is -0.135. The summed E-state index contributed by atoms with van der Waals surface area (Å²) in [6.07, 6.45) is 0. The van der Waals surface area contributed by atoms with E-state index in [2.05, 4.69) is 31.9 Å². The van der Waals surface area contributed by atoms with Crippen molar-refractivity contribution < 1.29 is 0 Å². The van der Waals surface area contributed by atoms with E-state index in [0.717, 1.165) is 51.2 Å². The Kier molecular flexibility index (Phi) is 3.25. The molecule has 0 aliphatic carbocycles. The Morgan fingerprint density at radius 1 is 0.667 bits per heavy atom. The molecule has 0 fully saturated rings. The average molecular weight is 576 g/mol. The molecule has 5 aromatic heterocycles. The van der Waals surface area contributed by atoms with Crippen LogP contribution in [0, 0.1) is 0 Å². The maximum Gasteiger partial charge on any atom is 0.264 e. The predicted octanol–water partition coefficient (Wildman–Crippen LogP) is 5.93. The van der Waals surface area contributed by atoms with Gasteiger partial charge in [-0.15, -0.1) is 11.3 Å². The third kappa shape index (κ3) is 2.09. The molecule has 156 valence electrons. The van der Waals surface area contributed by atoms with Crippen molar-refractivity contribution in [2.75, 3.05) is 0 Å². The van der Waals surface area contributed by atoms with Gasteiger partial charge in [0, 0.05) is 30.5 Å². The molecule has 0 amide bonds. The van der Waals surface area contributed by atoms with Gasteiger partial charge < -0.3 is 0 Å². The lowest BCUT2D eigenvalue weighted by Crippen LogP contribution is -2.15. The molecular formula is C24H8Br2N4O2S. The monoisotopic (exact) mass is 574 g/mol. The maximum absolute atomic E-state index is 13.6. The first-order chi connectivity index (χ1) is 16.0. The summed E-state index contributed by atoms with van der Waals surface area (Å²) in [5, 5.41) is 2.76. The highest BCUT2D eigenvalue weighted by atomic mass is 79.9. The lowest BCUT2D eigenvalue weighted by atomic mass is 10.0. The maximum atomic E-state index is 13.6. The molecule has 33 heavy (non-hydrogen) atoms. The van der Waals surface area contributed by atoms with Crippen LogP contribution < -0.4 is 11.1 Å². The number of fused-ring (bicyclic) bond motifs is 8. The number of rotatable bonds is 0. The van der Waals surface area contributed by atoms with E-state index < -0.39 is 0 Å². The number of imidazole rings is 2. The molecule has 5 heterocycles. The van der Waals surface area contributed by atoms with Crippen LogP contribution in [-0.4, -0.2) is 18.8 Å². The quantitative estimate of drug-likeness (QED) is 0.210. The van der Waals surface area contributed by atoms with Gasteiger partial charge in [0.2, 0.25) is 0 Å². The summed E-state index contributed by atoms with van der Waals surface area (Å²) in [7, 11) is 0. The number of benzene rings is 3. The zero-order chi connectivity index (χ0) is 22.2. The smallest absolute Gasteiger partial charge is 0.264 e. The van der Waals surface area contributed by atoms with Gasteiger partial charge in [0.25, 0.3) is 11.1 Å². The Hall–Kier alpha value is -3.14. The Morgan fingerprint density at radius 2 is 1.12 bits per heavy atom. The van der Waals surface area contributed by atoms with Gasteiger partial charge >= 0.3 is 0 Å². The summed E-state index contributed by atoms with van der Waals surface area (Å²) >= 11 is 8.54. The van der Waals surface area contributed by atoms with Crippen LogP contribution in [0.4, 0.5) is 0 Å². The van der Waals surface area contributed by atoms with Gasteiger partial charge in [-0.3, -0.25) is 18.4 Å². The van der Waals surface area contributed by atoms with Crippen molar-refractivity contribution in [3.63, 3.8) is 0 Å². The fraction of sp³-hybridized carbons (Fsp3) is 0. The van der Waals surface area contributed by atoms with Gasteiger partial charge in [-0.25, -0.2) is 9.97 Å². The molecule has 3 aromatic carbocycles.